The minimum Gasteiger partial charge on any atom is -0.449 e. The van der Waals surface area contributed by atoms with E-state index in [1.54, 1.807) is 6.26 Å². The van der Waals surface area contributed by atoms with Crippen molar-refractivity contribution in [3.63, 3.8) is 0 Å². The number of carbonyl (C=O) groups is 1. The summed E-state index contributed by atoms with van der Waals surface area (Å²) in [7, 11) is 0. The van der Waals surface area contributed by atoms with Crippen LogP contribution >= 0.6 is 0 Å². The number of benzene rings is 1. The fraction of sp³-hybridized carbons (Fsp3) is 0.474. The van der Waals surface area contributed by atoms with Gasteiger partial charge in [-0.3, -0.25) is 9.69 Å². The van der Waals surface area contributed by atoms with Gasteiger partial charge < -0.3 is 4.42 Å². The van der Waals surface area contributed by atoms with Crippen molar-refractivity contribution in [1.82, 2.24) is 9.88 Å². The molecule has 122 valence electrons. The third kappa shape index (κ3) is 4.52. The monoisotopic (exact) mass is 312 g/mol. The summed E-state index contributed by atoms with van der Waals surface area (Å²) in [6.45, 7) is 4.52. The van der Waals surface area contributed by atoms with Crippen LogP contribution < -0.4 is 0 Å². The van der Waals surface area contributed by atoms with E-state index >= 15 is 0 Å². The molecule has 0 spiro atoms. The SMILES string of the molecule is Cc1nc(CN2CCC[C@@H](C(=O)CCc3ccccc3)C2)co1. The second-order valence-electron chi connectivity index (χ2n) is 6.38. The molecule has 0 unspecified atom stereocenters. The van der Waals surface area contributed by atoms with E-state index in [-0.39, 0.29) is 5.92 Å². The summed E-state index contributed by atoms with van der Waals surface area (Å²) in [6, 6.07) is 10.3. The molecule has 2 aromatic rings. The molecule has 4 nitrogen and oxygen atoms in total. The van der Waals surface area contributed by atoms with Crippen molar-refractivity contribution in [3.05, 3.63) is 53.7 Å². The number of rotatable bonds is 6. The van der Waals surface area contributed by atoms with Crippen LogP contribution in [0.3, 0.4) is 0 Å². The van der Waals surface area contributed by atoms with Gasteiger partial charge in [0.15, 0.2) is 5.89 Å². The number of carbonyl (C=O) groups excluding carboxylic acids is 1. The van der Waals surface area contributed by atoms with Gasteiger partial charge in [-0.05, 0) is 31.4 Å². The largest absolute Gasteiger partial charge is 0.449 e. The van der Waals surface area contributed by atoms with Gasteiger partial charge in [0.05, 0.1) is 5.69 Å². The van der Waals surface area contributed by atoms with Crippen LogP contribution in [-0.2, 0) is 17.8 Å². The molecule has 2 heterocycles. The van der Waals surface area contributed by atoms with Crippen molar-refractivity contribution in [2.75, 3.05) is 13.1 Å². The van der Waals surface area contributed by atoms with Crippen LogP contribution in [0.4, 0.5) is 0 Å². The summed E-state index contributed by atoms with van der Waals surface area (Å²) in [5.41, 5.74) is 2.20. The van der Waals surface area contributed by atoms with Gasteiger partial charge in [-0.15, -0.1) is 0 Å². The number of Topliss-reactive ketones (excluding diaryl/α,β-unsaturated/α-hetero) is 1. The number of nitrogens with zero attached hydrogens (tertiary/aromatic N) is 2. The number of hydrogen-bond acceptors (Lipinski definition) is 4. The summed E-state index contributed by atoms with van der Waals surface area (Å²) >= 11 is 0. The molecule has 0 N–H and O–H groups in total. The minimum absolute atomic E-state index is 0.167. The van der Waals surface area contributed by atoms with Crippen molar-refractivity contribution in [1.29, 1.82) is 0 Å². The van der Waals surface area contributed by atoms with Crippen LogP contribution in [-0.4, -0.2) is 28.8 Å². The molecular formula is C19H24N2O2. The highest BCUT2D eigenvalue weighted by atomic mass is 16.3. The van der Waals surface area contributed by atoms with Gasteiger partial charge in [0.25, 0.3) is 0 Å². The van der Waals surface area contributed by atoms with E-state index in [1.165, 1.54) is 5.56 Å². The Bertz CT molecular complexity index is 636. The molecule has 1 aromatic carbocycles. The molecule has 1 aliphatic rings. The lowest BCUT2D eigenvalue weighted by Gasteiger charge is -2.31. The van der Waals surface area contributed by atoms with Crippen LogP contribution in [0.25, 0.3) is 0 Å². The van der Waals surface area contributed by atoms with E-state index in [0.29, 0.717) is 18.1 Å². The Balaban J connectivity index is 1.50. The second kappa shape index (κ2) is 7.55. The molecule has 1 atom stereocenters. The zero-order chi connectivity index (χ0) is 16.1. The normalized spacial score (nSPS) is 18.9. The maximum absolute atomic E-state index is 12.5. The smallest absolute Gasteiger partial charge is 0.191 e. The van der Waals surface area contributed by atoms with Gasteiger partial charge in [0.2, 0.25) is 0 Å². The predicted octanol–water partition coefficient (Wildman–Crippen LogP) is 3.40. The van der Waals surface area contributed by atoms with Crippen molar-refractivity contribution in [3.8, 4) is 0 Å². The number of aryl methyl sites for hydroxylation is 2. The predicted molar refractivity (Wildman–Crippen MR) is 89.0 cm³/mol. The van der Waals surface area contributed by atoms with Crippen molar-refractivity contribution in [2.45, 2.75) is 39.2 Å². The van der Waals surface area contributed by atoms with Crippen LogP contribution in [0.2, 0.25) is 0 Å². The van der Waals surface area contributed by atoms with E-state index < -0.39 is 0 Å². The Hall–Kier alpha value is -1.94. The second-order valence-corrected chi connectivity index (χ2v) is 6.38. The van der Waals surface area contributed by atoms with Gasteiger partial charge in [-0.2, -0.15) is 0 Å². The van der Waals surface area contributed by atoms with E-state index in [4.69, 9.17) is 4.42 Å². The molecule has 0 radical (unpaired) electrons. The number of likely N-dealkylation sites (tertiary alicyclic amines) is 1. The molecule has 3 rings (SSSR count). The first-order valence-electron chi connectivity index (χ1n) is 8.41. The highest BCUT2D eigenvalue weighted by molar-refractivity contribution is 5.81. The fourth-order valence-corrected chi connectivity index (χ4v) is 3.29. The molecule has 1 aliphatic heterocycles. The zero-order valence-corrected chi connectivity index (χ0v) is 13.7. The molecule has 1 fully saturated rings. The first-order valence-corrected chi connectivity index (χ1v) is 8.41. The standard InChI is InChI=1S/C19H24N2O2/c1-15-20-18(14-23-15)13-21-11-5-8-17(12-21)19(22)10-9-16-6-3-2-4-7-16/h2-4,6-7,14,17H,5,8-13H2,1H3/t17-/m1/s1. The summed E-state index contributed by atoms with van der Waals surface area (Å²) in [5.74, 6) is 1.27. The number of aromatic nitrogens is 1. The molecule has 0 aliphatic carbocycles. The number of oxazole rings is 1. The summed E-state index contributed by atoms with van der Waals surface area (Å²) in [6.07, 6.45) is 5.31. The van der Waals surface area contributed by atoms with E-state index in [2.05, 4.69) is 22.0 Å². The molecule has 1 saturated heterocycles. The van der Waals surface area contributed by atoms with Gasteiger partial charge in [0, 0.05) is 32.4 Å². The molecule has 0 bridgehead atoms. The third-order valence-electron chi connectivity index (χ3n) is 4.52. The number of piperidine rings is 1. The van der Waals surface area contributed by atoms with Crippen molar-refractivity contribution >= 4 is 5.78 Å². The maximum Gasteiger partial charge on any atom is 0.191 e. The number of ketones is 1. The van der Waals surface area contributed by atoms with Crippen molar-refractivity contribution < 1.29 is 9.21 Å². The van der Waals surface area contributed by atoms with E-state index in [0.717, 1.165) is 44.6 Å². The van der Waals surface area contributed by atoms with Gasteiger partial charge in [-0.25, -0.2) is 4.98 Å². The average molecular weight is 312 g/mol. The molecule has 4 heteroatoms. The first-order chi connectivity index (χ1) is 11.2. The van der Waals surface area contributed by atoms with Crippen LogP contribution in [0.1, 0.15) is 36.4 Å². The fourth-order valence-electron chi connectivity index (χ4n) is 3.29. The molecule has 1 aromatic heterocycles. The molecule has 0 amide bonds. The lowest BCUT2D eigenvalue weighted by atomic mass is 9.90. The molecular weight excluding hydrogens is 288 g/mol. The third-order valence-corrected chi connectivity index (χ3v) is 4.52. The molecule has 23 heavy (non-hydrogen) atoms. The van der Waals surface area contributed by atoms with Crippen LogP contribution in [0.15, 0.2) is 41.0 Å². The summed E-state index contributed by atoms with van der Waals surface area (Å²) < 4.78 is 5.26. The van der Waals surface area contributed by atoms with Crippen LogP contribution in [0.5, 0.6) is 0 Å². The lowest BCUT2D eigenvalue weighted by Crippen LogP contribution is -2.38. The van der Waals surface area contributed by atoms with Gasteiger partial charge >= 0.3 is 0 Å². The van der Waals surface area contributed by atoms with E-state index in [1.807, 2.05) is 25.1 Å². The van der Waals surface area contributed by atoms with Crippen LogP contribution in [0, 0.1) is 12.8 Å². The molecule has 0 saturated carbocycles. The minimum atomic E-state index is 0.167. The Morgan fingerprint density at radius 3 is 2.91 bits per heavy atom. The Kier molecular flexibility index (Phi) is 5.23. The topological polar surface area (TPSA) is 46.3 Å². The zero-order valence-electron chi connectivity index (χ0n) is 13.7. The Labute approximate surface area is 137 Å². The number of hydrogen-bond donors (Lipinski definition) is 0. The van der Waals surface area contributed by atoms with Gasteiger partial charge in [-0.1, -0.05) is 30.3 Å². The Morgan fingerprint density at radius 1 is 1.35 bits per heavy atom. The maximum atomic E-state index is 12.5. The Morgan fingerprint density at radius 2 is 2.17 bits per heavy atom. The van der Waals surface area contributed by atoms with E-state index in [9.17, 15) is 4.79 Å². The summed E-state index contributed by atoms with van der Waals surface area (Å²) in [5, 5.41) is 0. The lowest BCUT2D eigenvalue weighted by molar-refractivity contribution is -0.124. The highest BCUT2D eigenvalue weighted by Crippen LogP contribution is 2.21. The highest BCUT2D eigenvalue weighted by Gasteiger charge is 2.25. The quantitative estimate of drug-likeness (QED) is 0.820. The van der Waals surface area contributed by atoms with Crippen molar-refractivity contribution in [2.24, 2.45) is 5.92 Å². The average Bonchev–Trinajstić information content (AvgIpc) is 2.99. The first kappa shape index (κ1) is 15.9. The van der Waals surface area contributed by atoms with Gasteiger partial charge in [0.1, 0.15) is 12.0 Å². The summed E-state index contributed by atoms with van der Waals surface area (Å²) in [4.78, 5) is 19.2.